The molecule has 1 fully saturated rings. The monoisotopic (exact) mass is 419 g/mol. The van der Waals surface area contributed by atoms with E-state index in [0.717, 1.165) is 18.4 Å². The van der Waals surface area contributed by atoms with Crippen LogP contribution in [0.1, 0.15) is 18.4 Å². The van der Waals surface area contributed by atoms with Crippen LogP contribution in [0.2, 0.25) is 5.02 Å². The second-order valence-electron chi connectivity index (χ2n) is 6.78. The van der Waals surface area contributed by atoms with E-state index < -0.39 is 11.0 Å². The van der Waals surface area contributed by atoms with Crippen molar-refractivity contribution in [2.45, 2.75) is 19.4 Å². The summed E-state index contributed by atoms with van der Waals surface area (Å²) >= 11 is 6.14. The predicted molar refractivity (Wildman–Crippen MR) is 110 cm³/mol. The number of hydrogen-bond donors (Lipinski definition) is 3. The molecule has 0 saturated carbocycles. The number of nitrogens with zero attached hydrogens (tertiary/aromatic N) is 4. The standard InChI is InChI=1S/C18H22ClN7O3/c19-14-4-2-1-3-13(14)10-22-18-23-11-15(26(28)29)16(24-18)21-9-12-5-7-25(8-6-12)17(20)27/h1-4,11-12H,5-10H2,(H2,20,27)(H2,21,22,23,24). The molecule has 0 unspecified atom stereocenters. The van der Waals surface area contributed by atoms with Gasteiger partial charge in [0, 0.05) is 31.2 Å². The molecule has 3 rings (SSSR count). The molecule has 0 atom stereocenters. The number of benzene rings is 1. The normalized spacial score (nSPS) is 14.4. The summed E-state index contributed by atoms with van der Waals surface area (Å²) in [5.74, 6) is 0.685. The number of amides is 2. The van der Waals surface area contributed by atoms with Gasteiger partial charge >= 0.3 is 11.7 Å². The van der Waals surface area contributed by atoms with Crippen molar-refractivity contribution in [3.8, 4) is 0 Å². The second kappa shape index (κ2) is 9.37. The molecule has 2 amide bonds. The van der Waals surface area contributed by atoms with Crippen molar-refractivity contribution < 1.29 is 9.72 Å². The van der Waals surface area contributed by atoms with E-state index in [2.05, 4.69) is 20.6 Å². The number of likely N-dealkylation sites (tertiary alicyclic amines) is 1. The molecule has 4 N–H and O–H groups in total. The lowest BCUT2D eigenvalue weighted by atomic mass is 9.97. The number of piperidine rings is 1. The minimum absolute atomic E-state index is 0.156. The van der Waals surface area contributed by atoms with Crippen molar-refractivity contribution in [2.24, 2.45) is 11.7 Å². The summed E-state index contributed by atoms with van der Waals surface area (Å²) in [7, 11) is 0. The van der Waals surface area contributed by atoms with Crippen molar-refractivity contribution in [3.05, 3.63) is 51.2 Å². The Balaban J connectivity index is 1.63. The highest BCUT2D eigenvalue weighted by Gasteiger charge is 2.23. The Morgan fingerprint density at radius 3 is 2.69 bits per heavy atom. The number of anilines is 2. The Morgan fingerprint density at radius 2 is 2.03 bits per heavy atom. The number of rotatable bonds is 7. The average Bonchev–Trinajstić information content (AvgIpc) is 2.72. The molecule has 10 nitrogen and oxygen atoms in total. The topological polar surface area (TPSA) is 139 Å². The molecule has 1 aromatic heterocycles. The van der Waals surface area contributed by atoms with Gasteiger partial charge in [0.25, 0.3) is 0 Å². The molecule has 29 heavy (non-hydrogen) atoms. The number of urea groups is 1. The Hall–Kier alpha value is -3.14. The third kappa shape index (κ3) is 5.44. The lowest BCUT2D eigenvalue weighted by molar-refractivity contribution is -0.384. The molecule has 2 heterocycles. The highest BCUT2D eigenvalue weighted by atomic mass is 35.5. The Morgan fingerprint density at radius 1 is 1.31 bits per heavy atom. The van der Waals surface area contributed by atoms with Gasteiger partial charge in [-0.1, -0.05) is 29.8 Å². The number of nitrogens with two attached hydrogens (primary N) is 1. The van der Waals surface area contributed by atoms with Crippen molar-refractivity contribution in [3.63, 3.8) is 0 Å². The smallest absolute Gasteiger partial charge is 0.329 e. The lowest BCUT2D eigenvalue weighted by Gasteiger charge is -2.30. The molecular weight excluding hydrogens is 398 g/mol. The summed E-state index contributed by atoms with van der Waals surface area (Å²) < 4.78 is 0. The van der Waals surface area contributed by atoms with E-state index in [0.29, 0.717) is 31.2 Å². The van der Waals surface area contributed by atoms with Crippen LogP contribution in [0, 0.1) is 16.0 Å². The number of primary amides is 1. The summed E-state index contributed by atoms with van der Waals surface area (Å²) in [6.07, 6.45) is 2.72. The first kappa shape index (κ1) is 20.6. The fraction of sp³-hybridized carbons (Fsp3) is 0.389. The maximum absolute atomic E-state index is 11.3. The molecule has 1 aromatic carbocycles. The molecule has 2 aromatic rings. The highest BCUT2D eigenvalue weighted by Crippen LogP contribution is 2.25. The fourth-order valence-electron chi connectivity index (χ4n) is 3.14. The maximum Gasteiger partial charge on any atom is 0.329 e. The molecular formula is C18H22ClN7O3. The predicted octanol–water partition coefficient (Wildman–Crippen LogP) is 2.85. The van der Waals surface area contributed by atoms with Gasteiger partial charge < -0.3 is 21.3 Å². The van der Waals surface area contributed by atoms with E-state index in [1.54, 1.807) is 11.0 Å². The van der Waals surface area contributed by atoms with Gasteiger partial charge in [0.15, 0.2) is 0 Å². The first-order valence-corrected chi connectivity index (χ1v) is 9.59. The molecule has 0 radical (unpaired) electrons. The molecule has 0 aliphatic carbocycles. The molecule has 1 saturated heterocycles. The second-order valence-corrected chi connectivity index (χ2v) is 7.19. The van der Waals surface area contributed by atoms with E-state index in [-0.39, 0.29) is 23.4 Å². The number of nitro groups is 1. The first-order valence-electron chi connectivity index (χ1n) is 9.21. The minimum Gasteiger partial charge on any atom is -0.364 e. The summed E-state index contributed by atoms with van der Waals surface area (Å²) in [6.45, 7) is 2.06. The van der Waals surface area contributed by atoms with Crippen molar-refractivity contribution in [2.75, 3.05) is 30.3 Å². The Labute approximate surface area is 172 Å². The quantitative estimate of drug-likeness (QED) is 0.463. The van der Waals surface area contributed by atoms with Crippen LogP contribution in [-0.2, 0) is 6.54 Å². The number of nitrogens with one attached hydrogen (secondary N) is 2. The summed E-state index contributed by atoms with van der Waals surface area (Å²) in [4.78, 5) is 31.9. The van der Waals surface area contributed by atoms with E-state index in [1.165, 1.54) is 6.20 Å². The van der Waals surface area contributed by atoms with Gasteiger partial charge in [-0.3, -0.25) is 10.1 Å². The van der Waals surface area contributed by atoms with Crippen LogP contribution in [0.5, 0.6) is 0 Å². The van der Waals surface area contributed by atoms with Gasteiger partial charge in [-0.25, -0.2) is 9.78 Å². The van der Waals surface area contributed by atoms with Crippen LogP contribution in [0.15, 0.2) is 30.5 Å². The average molecular weight is 420 g/mol. The van der Waals surface area contributed by atoms with Gasteiger partial charge in [0.2, 0.25) is 11.8 Å². The number of hydrogen-bond acceptors (Lipinski definition) is 7. The molecule has 0 bridgehead atoms. The van der Waals surface area contributed by atoms with E-state index in [1.807, 2.05) is 18.2 Å². The van der Waals surface area contributed by atoms with Crippen molar-refractivity contribution >= 4 is 35.1 Å². The highest BCUT2D eigenvalue weighted by molar-refractivity contribution is 6.31. The fourth-order valence-corrected chi connectivity index (χ4v) is 3.34. The SMILES string of the molecule is NC(=O)N1CCC(CNc2nc(NCc3ccccc3Cl)ncc2[N+](=O)[O-])CC1. The van der Waals surface area contributed by atoms with Gasteiger partial charge in [0.1, 0.15) is 6.20 Å². The zero-order valence-corrected chi connectivity index (χ0v) is 16.4. The van der Waals surface area contributed by atoms with Crippen LogP contribution in [-0.4, -0.2) is 45.5 Å². The third-order valence-electron chi connectivity index (χ3n) is 4.85. The van der Waals surface area contributed by atoms with E-state index in [4.69, 9.17) is 17.3 Å². The van der Waals surface area contributed by atoms with Crippen molar-refractivity contribution in [1.29, 1.82) is 0 Å². The molecule has 0 spiro atoms. The number of carbonyl (C=O) groups is 1. The molecule has 1 aliphatic rings. The molecule has 154 valence electrons. The Kier molecular flexibility index (Phi) is 6.65. The maximum atomic E-state index is 11.3. The van der Waals surface area contributed by atoms with Gasteiger partial charge in [-0.15, -0.1) is 0 Å². The lowest BCUT2D eigenvalue weighted by Crippen LogP contribution is -2.42. The number of aromatic nitrogens is 2. The summed E-state index contributed by atoms with van der Waals surface area (Å²) in [6, 6.07) is 6.95. The molecule has 1 aliphatic heterocycles. The summed E-state index contributed by atoms with van der Waals surface area (Å²) in [5, 5.41) is 18.0. The van der Waals surface area contributed by atoms with Crippen LogP contribution in [0.3, 0.4) is 0 Å². The number of carbonyl (C=O) groups excluding carboxylic acids is 1. The Bertz CT molecular complexity index is 888. The zero-order chi connectivity index (χ0) is 20.8. The third-order valence-corrected chi connectivity index (χ3v) is 5.21. The number of halogens is 1. The van der Waals surface area contributed by atoms with E-state index in [9.17, 15) is 14.9 Å². The van der Waals surface area contributed by atoms with Gasteiger partial charge in [-0.2, -0.15) is 4.98 Å². The first-order chi connectivity index (χ1) is 13.9. The van der Waals surface area contributed by atoms with Crippen LogP contribution in [0.4, 0.5) is 22.2 Å². The minimum atomic E-state index is -0.518. The van der Waals surface area contributed by atoms with Crippen molar-refractivity contribution in [1.82, 2.24) is 14.9 Å². The van der Waals surface area contributed by atoms with Gasteiger partial charge in [-0.05, 0) is 30.4 Å². The zero-order valence-electron chi connectivity index (χ0n) is 15.7. The van der Waals surface area contributed by atoms with Crippen LogP contribution >= 0.6 is 11.6 Å². The van der Waals surface area contributed by atoms with Gasteiger partial charge in [0.05, 0.1) is 4.92 Å². The van der Waals surface area contributed by atoms with E-state index >= 15 is 0 Å². The largest absolute Gasteiger partial charge is 0.364 e. The van der Waals surface area contributed by atoms with Crippen LogP contribution < -0.4 is 16.4 Å². The van der Waals surface area contributed by atoms with Crippen LogP contribution in [0.25, 0.3) is 0 Å². The molecule has 11 heteroatoms. The summed E-state index contributed by atoms with van der Waals surface area (Å²) in [5.41, 5.74) is 5.97.